The Hall–Kier alpha value is -1.02. The first-order valence-corrected chi connectivity index (χ1v) is 5.70. The molecule has 1 aliphatic rings. The number of ether oxygens (including phenoxy) is 1. The summed E-state index contributed by atoms with van der Waals surface area (Å²) < 4.78 is 7.29. The Labute approximate surface area is 102 Å². The van der Waals surface area contributed by atoms with Gasteiger partial charge >= 0.3 is 0 Å². The van der Waals surface area contributed by atoms with Gasteiger partial charge in [0.15, 0.2) is 4.77 Å². The van der Waals surface area contributed by atoms with Gasteiger partial charge in [0.05, 0.1) is 12.7 Å². The fourth-order valence-corrected chi connectivity index (χ4v) is 2.11. The number of rotatable bonds is 2. The Bertz CT molecular complexity index is 524. The lowest BCUT2D eigenvalue weighted by atomic mass is 10.2. The number of aliphatic hydroxyl groups is 2. The average molecular weight is 258 g/mol. The summed E-state index contributed by atoms with van der Waals surface area (Å²) in [6.07, 6.45) is 0.155. The maximum absolute atomic E-state index is 11.3. The van der Waals surface area contributed by atoms with Gasteiger partial charge in [0.1, 0.15) is 12.3 Å². The molecular formula is C10H14N2O4S. The third kappa shape index (κ3) is 2.32. The number of aliphatic hydroxyl groups excluding tert-OH is 2. The van der Waals surface area contributed by atoms with E-state index in [0.29, 0.717) is 12.0 Å². The van der Waals surface area contributed by atoms with E-state index in [4.69, 9.17) is 22.1 Å². The third-order valence-corrected chi connectivity index (χ3v) is 3.15. The number of aromatic nitrogens is 2. The van der Waals surface area contributed by atoms with Gasteiger partial charge in [-0.2, -0.15) is 0 Å². The van der Waals surface area contributed by atoms with Crippen molar-refractivity contribution >= 4 is 12.2 Å². The molecule has 0 radical (unpaired) electrons. The van der Waals surface area contributed by atoms with Gasteiger partial charge < -0.3 is 14.9 Å². The fourth-order valence-electron chi connectivity index (χ4n) is 1.85. The highest BCUT2D eigenvalue weighted by atomic mass is 32.1. The van der Waals surface area contributed by atoms with Crippen LogP contribution in [0, 0.1) is 11.7 Å². The predicted molar refractivity (Wildman–Crippen MR) is 62.2 cm³/mol. The molecule has 3 N–H and O–H groups in total. The number of nitrogens with one attached hydrogen (secondary N) is 1. The van der Waals surface area contributed by atoms with Crippen molar-refractivity contribution in [3.63, 3.8) is 0 Å². The van der Waals surface area contributed by atoms with Gasteiger partial charge in [-0.3, -0.25) is 14.3 Å². The van der Waals surface area contributed by atoms with Crippen molar-refractivity contribution in [2.24, 2.45) is 0 Å². The molecule has 6 nitrogen and oxygen atoms in total. The van der Waals surface area contributed by atoms with Gasteiger partial charge in [0, 0.05) is 18.2 Å². The van der Waals surface area contributed by atoms with Gasteiger partial charge in [-0.05, 0) is 19.1 Å². The first kappa shape index (κ1) is 12.4. The number of nitrogens with zero attached hydrogens (tertiary/aromatic N) is 1. The van der Waals surface area contributed by atoms with E-state index in [1.54, 1.807) is 17.7 Å². The Kier molecular flexibility index (Phi) is 3.43. The Morgan fingerprint density at radius 1 is 1.71 bits per heavy atom. The molecule has 0 spiro atoms. The monoisotopic (exact) mass is 258 g/mol. The smallest absolute Gasteiger partial charge is 0.254 e. The molecule has 0 aliphatic carbocycles. The molecule has 2 heterocycles. The predicted octanol–water partition coefficient (Wildman–Crippen LogP) is -0.145. The topological polar surface area (TPSA) is 87.5 Å². The van der Waals surface area contributed by atoms with Gasteiger partial charge in [-0.15, -0.1) is 0 Å². The molecule has 0 unspecified atom stereocenters. The standard InChI is InChI=1S/C10H14N2O4S/c1-5-3-12(10(17)11-9(5)15)8-2-6(14)7(4-13)16-8/h3,6-8,13-14H,2,4H2,1H3,(H,11,15,17)/t6-,7+,8-/m0/s1. The van der Waals surface area contributed by atoms with E-state index in [9.17, 15) is 9.90 Å². The van der Waals surface area contributed by atoms with Crippen molar-refractivity contribution in [2.45, 2.75) is 31.8 Å². The van der Waals surface area contributed by atoms with Crippen molar-refractivity contribution in [2.75, 3.05) is 6.61 Å². The zero-order valence-electron chi connectivity index (χ0n) is 9.29. The molecule has 1 saturated heterocycles. The van der Waals surface area contributed by atoms with Crippen LogP contribution in [0.5, 0.6) is 0 Å². The number of H-pyrrole nitrogens is 1. The van der Waals surface area contributed by atoms with Gasteiger partial charge in [-0.1, -0.05) is 0 Å². The van der Waals surface area contributed by atoms with E-state index < -0.39 is 18.4 Å². The fraction of sp³-hybridized carbons (Fsp3) is 0.600. The molecule has 0 bridgehead atoms. The van der Waals surface area contributed by atoms with Gasteiger partial charge in [-0.25, -0.2) is 0 Å². The van der Waals surface area contributed by atoms with E-state index in [-0.39, 0.29) is 16.9 Å². The zero-order valence-corrected chi connectivity index (χ0v) is 10.1. The molecule has 17 heavy (non-hydrogen) atoms. The third-order valence-electron chi connectivity index (χ3n) is 2.84. The van der Waals surface area contributed by atoms with Crippen molar-refractivity contribution in [1.82, 2.24) is 9.55 Å². The minimum absolute atomic E-state index is 0.233. The molecule has 1 aromatic rings. The molecular weight excluding hydrogens is 244 g/mol. The lowest BCUT2D eigenvalue weighted by molar-refractivity contribution is -0.0453. The minimum Gasteiger partial charge on any atom is -0.394 e. The van der Waals surface area contributed by atoms with E-state index >= 15 is 0 Å². The van der Waals surface area contributed by atoms with Gasteiger partial charge in [0.25, 0.3) is 5.56 Å². The van der Waals surface area contributed by atoms with Crippen molar-refractivity contribution < 1.29 is 14.9 Å². The summed E-state index contributed by atoms with van der Waals surface area (Å²) in [7, 11) is 0. The van der Waals surface area contributed by atoms with Crippen LogP contribution in [0.1, 0.15) is 18.2 Å². The highest BCUT2D eigenvalue weighted by Crippen LogP contribution is 2.28. The number of aryl methyl sites for hydroxylation is 1. The molecule has 94 valence electrons. The summed E-state index contributed by atoms with van der Waals surface area (Å²) in [5, 5.41) is 18.6. The number of hydrogen-bond donors (Lipinski definition) is 3. The van der Waals surface area contributed by atoms with Gasteiger partial charge in [0.2, 0.25) is 0 Å². The molecule has 7 heteroatoms. The summed E-state index contributed by atoms with van der Waals surface area (Å²) >= 11 is 5.03. The number of aromatic amines is 1. The average Bonchev–Trinajstić information content (AvgIpc) is 2.65. The van der Waals surface area contributed by atoms with Crippen molar-refractivity contribution in [3.8, 4) is 0 Å². The molecule has 0 amide bonds. The van der Waals surface area contributed by atoms with Crippen LogP contribution in [0.15, 0.2) is 11.0 Å². The highest BCUT2D eigenvalue weighted by Gasteiger charge is 2.34. The first-order chi connectivity index (χ1) is 8.02. The quantitative estimate of drug-likeness (QED) is 0.642. The van der Waals surface area contributed by atoms with Crippen LogP contribution in [0.4, 0.5) is 0 Å². The van der Waals surface area contributed by atoms with E-state index in [1.807, 2.05) is 0 Å². The molecule has 1 fully saturated rings. The Morgan fingerprint density at radius 2 is 2.41 bits per heavy atom. The molecule has 2 rings (SSSR count). The maximum Gasteiger partial charge on any atom is 0.254 e. The summed E-state index contributed by atoms with van der Waals surface area (Å²) in [6.45, 7) is 1.42. The van der Waals surface area contributed by atoms with Crippen LogP contribution in [-0.2, 0) is 4.74 Å². The zero-order chi connectivity index (χ0) is 12.6. The summed E-state index contributed by atoms with van der Waals surface area (Å²) in [4.78, 5) is 13.9. The van der Waals surface area contributed by atoms with Crippen LogP contribution in [0.2, 0.25) is 0 Å². The minimum atomic E-state index is -0.723. The lowest BCUT2D eigenvalue weighted by Gasteiger charge is -2.15. The van der Waals surface area contributed by atoms with E-state index in [0.717, 1.165) is 0 Å². The summed E-state index contributed by atoms with van der Waals surface area (Å²) in [5.74, 6) is 0. The van der Waals surface area contributed by atoms with Crippen LogP contribution >= 0.6 is 12.2 Å². The second kappa shape index (κ2) is 4.69. The molecule has 1 aromatic heterocycles. The second-order valence-corrected chi connectivity index (χ2v) is 4.48. The first-order valence-electron chi connectivity index (χ1n) is 5.29. The lowest BCUT2D eigenvalue weighted by Crippen LogP contribution is -2.24. The Balaban J connectivity index is 2.34. The molecule has 0 saturated carbocycles. The molecule has 1 aliphatic heterocycles. The SMILES string of the molecule is Cc1cn([C@@H]2C[C@H](O)[C@@H](CO)O2)c(=S)[nH]c1=O. The van der Waals surface area contributed by atoms with Crippen LogP contribution in [0.3, 0.4) is 0 Å². The normalized spacial score (nSPS) is 28.5. The highest BCUT2D eigenvalue weighted by molar-refractivity contribution is 7.71. The van der Waals surface area contributed by atoms with E-state index in [1.165, 1.54) is 0 Å². The van der Waals surface area contributed by atoms with Crippen molar-refractivity contribution in [3.05, 3.63) is 26.9 Å². The summed E-state index contributed by atoms with van der Waals surface area (Å²) in [6, 6.07) is 0. The Morgan fingerprint density at radius 3 is 3.00 bits per heavy atom. The molecule has 3 atom stereocenters. The maximum atomic E-state index is 11.3. The number of hydrogen-bond acceptors (Lipinski definition) is 5. The van der Waals surface area contributed by atoms with E-state index in [2.05, 4.69) is 4.98 Å². The van der Waals surface area contributed by atoms with Crippen LogP contribution in [-0.4, -0.2) is 38.6 Å². The van der Waals surface area contributed by atoms with Crippen molar-refractivity contribution in [1.29, 1.82) is 0 Å². The molecule has 0 aromatic carbocycles. The summed E-state index contributed by atoms with van der Waals surface area (Å²) in [5.41, 5.74) is 0.285. The van der Waals surface area contributed by atoms with Crippen LogP contribution < -0.4 is 5.56 Å². The largest absolute Gasteiger partial charge is 0.394 e. The second-order valence-electron chi connectivity index (χ2n) is 4.09. The van der Waals surface area contributed by atoms with Crippen LogP contribution in [0.25, 0.3) is 0 Å².